The number of carbonyl (C=O) groups excluding carboxylic acids is 1. The number of rotatable bonds is 3. The summed E-state index contributed by atoms with van der Waals surface area (Å²) in [5.41, 5.74) is 5.90. The lowest BCUT2D eigenvalue weighted by atomic mass is 9.93. The molecule has 0 aliphatic carbocycles. The molecule has 1 aromatic carbocycles. The van der Waals surface area contributed by atoms with E-state index in [0.29, 0.717) is 19.0 Å². The molecule has 0 bridgehead atoms. The number of halogens is 2. The predicted molar refractivity (Wildman–Crippen MR) is 73.0 cm³/mol. The van der Waals surface area contributed by atoms with E-state index in [1.165, 1.54) is 12.1 Å². The molecule has 1 fully saturated rings. The summed E-state index contributed by atoms with van der Waals surface area (Å²) < 4.78 is 26.4. The van der Waals surface area contributed by atoms with Crippen molar-refractivity contribution in [3.63, 3.8) is 0 Å². The Labute approximate surface area is 117 Å². The van der Waals surface area contributed by atoms with E-state index >= 15 is 0 Å². The molecule has 20 heavy (non-hydrogen) atoms. The Morgan fingerprint density at radius 1 is 1.40 bits per heavy atom. The van der Waals surface area contributed by atoms with Crippen LogP contribution in [-0.2, 0) is 11.2 Å². The normalized spacial score (nSPS) is 22.9. The predicted octanol–water partition coefficient (Wildman–Crippen LogP) is 2.09. The topological polar surface area (TPSA) is 46.3 Å². The third-order valence-corrected chi connectivity index (χ3v) is 3.99. The van der Waals surface area contributed by atoms with Gasteiger partial charge >= 0.3 is 0 Å². The Bertz CT molecular complexity index is 493. The number of hydrogen-bond donors (Lipinski definition) is 1. The number of piperidine rings is 1. The van der Waals surface area contributed by atoms with Crippen molar-refractivity contribution in [2.75, 3.05) is 13.1 Å². The molecule has 3 nitrogen and oxygen atoms in total. The van der Waals surface area contributed by atoms with E-state index in [1.807, 2.05) is 6.92 Å². The molecule has 2 N–H and O–H groups in total. The highest BCUT2D eigenvalue weighted by atomic mass is 19.1. The summed E-state index contributed by atoms with van der Waals surface area (Å²) >= 11 is 0. The van der Waals surface area contributed by atoms with Crippen LogP contribution in [0.15, 0.2) is 18.2 Å². The molecular weight excluding hydrogens is 262 g/mol. The quantitative estimate of drug-likeness (QED) is 0.922. The largest absolute Gasteiger partial charge is 0.339 e. The van der Waals surface area contributed by atoms with Crippen molar-refractivity contribution in [1.82, 2.24) is 4.90 Å². The first kappa shape index (κ1) is 14.9. The molecule has 0 spiro atoms. The second kappa shape index (κ2) is 6.31. The van der Waals surface area contributed by atoms with Gasteiger partial charge in [-0.3, -0.25) is 4.79 Å². The highest BCUT2D eigenvalue weighted by molar-refractivity contribution is 5.79. The molecule has 2 atom stereocenters. The molecule has 1 saturated heterocycles. The van der Waals surface area contributed by atoms with Crippen LogP contribution in [0.3, 0.4) is 0 Å². The summed E-state index contributed by atoms with van der Waals surface area (Å²) in [4.78, 5) is 14.1. The zero-order chi connectivity index (χ0) is 14.7. The molecule has 2 unspecified atom stereocenters. The summed E-state index contributed by atoms with van der Waals surface area (Å²) in [7, 11) is 0. The first-order valence-electron chi connectivity index (χ1n) is 6.94. The number of benzene rings is 1. The van der Waals surface area contributed by atoms with Crippen molar-refractivity contribution in [3.8, 4) is 0 Å². The Morgan fingerprint density at radius 2 is 2.15 bits per heavy atom. The molecule has 0 saturated carbocycles. The van der Waals surface area contributed by atoms with Gasteiger partial charge in [0.2, 0.25) is 5.91 Å². The van der Waals surface area contributed by atoms with E-state index < -0.39 is 11.6 Å². The van der Waals surface area contributed by atoms with E-state index in [-0.39, 0.29) is 23.9 Å². The van der Waals surface area contributed by atoms with E-state index in [1.54, 1.807) is 4.90 Å². The SMILES string of the molecule is CC1CCC(CN)CN1C(=O)Cc1ccc(F)cc1F. The molecular formula is C15H20F2N2O. The fraction of sp³-hybridized carbons (Fsp3) is 0.533. The Balaban J connectivity index is 2.06. The van der Waals surface area contributed by atoms with Gasteiger partial charge in [0, 0.05) is 18.7 Å². The van der Waals surface area contributed by atoms with Crippen LogP contribution in [0.5, 0.6) is 0 Å². The lowest BCUT2D eigenvalue weighted by Crippen LogP contribution is -2.47. The van der Waals surface area contributed by atoms with Crippen molar-refractivity contribution in [1.29, 1.82) is 0 Å². The fourth-order valence-corrected chi connectivity index (χ4v) is 2.65. The standard InChI is InChI=1S/C15H20F2N2O/c1-10-2-3-11(8-18)9-19(10)15(20)6-12-4-5-13(16)7-14(12)17/h4-5,7,10-11H,2-3,6,8-9,18H2,1H3. The van der Waals surface area contributed by atoms with Crippen LogP contribution in [-0.4, -0.2) is 29.9 Å². The second-order valence-corrected chi connectivity index (χ2v) is 5.49. The Kier molecular flexibility index (Phi) is 4.70. The molecule has 2 rings (SSSR count). The monoisotopic (exact) mass is 282 g/mol. The summed E-state index contributed by atoms with van der Waals surface area (Å²) in [5.74, 6) is -1.11. The average Bonchev–Trinajstić information content (AvgIpc) is 2.42. The number of nitrogens with zero attached hydrogens (tertiary/aromatic N) is 1. The minimum Gasteiger partial charge on any atom is -0.339 e. The molecule has 1 heterocycles. The van der Waals surface area contributed by atoms with Gasteiger partial charge in [-0.1, -0.05) is 6.07 Å². The minimum absolute atomic E-state index is 0.0340. The Hall–Kier alpha value is -1.49. The zero-order valence-corrected chi connectivity index (χ0v) is 11.6. The number of amides is 1. The van der Waals surface area contributed by atoms with Gasteiger partial charge in [0.05, 0.1) is 6.42 Å². The van der Waals surface area contributed by atoms with Crippen molar-refractivity contribution in [3.05, 3.63) is 35.4 Å². The van der Waals surface area contributed by atoms with Crippen LogP contribution in [0.2, 0.25) is 0 Å². The van der Waals surface area contributed by atoms with Gasteiger partial charge in [0.25, 0.3) is 0 Å². The van der Waals surface area contributed by atoms with E-state index in [9.17, 15) is 13.6 Å². The number of carbonyl (C=O) groups is 1. The molecule has 1 aromatic rings. The summed E-state index contributed by atoms with van der Waals surface area (Å²) in [5, 5.41) is 0. The van der Waals surface area contributed by atoms with Gasteiger partial charge in [-0.2, -0.15) is 0 Å². The highest BCUT2D eigenvalue weighted by Crippen LogP contribution is 2.22. The molecule has 0 aromatic heterocycles. The average molecular weight is 282 g/mol. The van der Waals surface area contributed by atoms with Crippen LogP contribution in [0.1, 0.15) is 25.3 Å². The lowest BCUT2D eigenvalue weighted by molar-refractivity contribution is -0.134. The van der Waals surface area contributed by atoms with Gasteiger partial charge in [-0.15, -0.1) is 0 Å². The first-order valence-corrected chi connectivity index (χ1v) is 6.94. The maximum Gasteiger partial charge on any atom is 0.227 e. The molecule has 0 radical (unpaired) electrons. The van der Waals surface area contributed by atoms with Gasteiger partial charge < -0.3 is 10.6 Å². The van der Waals surface area contributed by atoms with Gasteiger partial charge in [0.1, 0.15) is 11.6 Å². The smallest absolute Gasteiger partial charge is 0.227 e. The third-order valence-electron chi connectivity index (χ3n) is 3.99. The van der Waals surface area contributed by atoms with Crippen LogP contribution in [0, 0.1) is 17.6 Å². The summed E-state index contributed by atoms with van der Waals surface area (Å²) in [6.07, 6.45) is 1.90. The fourth-order valence-electron chi connectivity index (χ4n) is 2.65. The number of nitrogens with two attached hydrogens (primary N) is 1. The van der Waals surface area contributed by atoms with E-state index in [2.05, 4.69) is 0 Å². The maximum atomic E-state index is 13.6. The van der Waals surface area contributed by atoms with E-state index in [4.69, 9.17) is 5.73 Å². The van der Waals surface area contributed by atoms with Gasteiger partial charge in [-0.05, 0) is 43.9 Å². The maximum absolute atomic E-state index is 13.6. The van der Waals surface area contributed by atoms with Crippen LogP contribution in [0.4, 0.5) is 8.78 Å². The van der Waals surface area contributed by atoms with Crippen LogP contribution < -0.4 is 5.73 Å². The Morgan fingerprint density at radius 3 is 2.80 bits per heavy atom. The van der Waals surface area contributed by atoms with Crippen molar-refractivity contribution >= 4 is 5.91 Å². The molecule has 1 aliphatic heterocycles. The van der Waals surface area contributed by atoms with Crippen molar-refractivity contribution in [2.24, 2.45) is 11.7 Å². The van der Waals surface area contributed by atoms with Gasteiger partial charge in [-0.25, -0.2) is 8.78 Å². The first-order chi connectivity index (χ1) is 9.51. The molecule has 110 valence electrons. The highest BCUT2D eigenvalue weighted by Gasteiger charge is 2.28. The zero-order valence-electron chi connectivity index (χ0n) is 11.6. The third kappa shape index (κ3) is 3.33. The molecule has 5 heteroatoms. The second-order valence-electron chi connectivity index (χ2n) is 5.49. The minimum atomic E-state index is -0.668. The molecule has 1 aliphatic rings. The van der Waals surface area contributed by atoms with Crippen molar-refractivity contribution in [2.45, 2.75) is 32.2 Å². The van der Waals surface area contributed by atoms with E-state index in [0.717, 1.165) is 18.9 Å². The summed E-state index contributed by atoms with van der Waals surface area (Å²) in [6.45, 7) is 3.17. The van der Waals surface area contributed by atoms with Crippen LogP contribution >= 0.6 is 0 Å². The number of hydrogen-bond acceptors (Lipinski definition) is 2. The molecule has 1 amide bonds. The van der Waals surface area contributed by atoms with Crippen molar-refractivity contribution < 1.29 is 13.6 Å². The van der Waals surface area contributed by atoms with Gasteiger partial charge in [0.15, 0.2) is 0 Å². The summed E-state index contributed by atoms with van der Waals surface area (Å²) in [6, 6.07) is 3.46. The number of likely N-dealkylation sites (tertiary alicyclic amines) is 1. The lowest BCUT2D eigenvalue weighted by Gasteiger charge is -2.37. The van der Waals surface area contributed by atoms with Crippen LogP contribution in [0.25, 0.3) is 0 Å².